The molecule has 0 unspecified atom stereocenters. The number of amides is 1. The van der Waals surface area contributed by atoms with Crippen molar-refractivity contribution in [3.05, 3.63) is 70.1 Å². The van der Waals surface area contributed by atoms with E-state index in [9.17, 15) is 14.9 Å². The zero-order valence-corrected chi connectivity index (χ0v) is 12.6. The van der Waals surface area contributed by atoms with Crippen LogP contribution in [0.25, 0.3) is 11.5 Å². The predicted molar refractivity (Wildman–Crippen MR) is 85.5 cm³/mol. The van der Waals surface area contributed by atoms with Crippen molar-refractivity contribution >= 4 is 17.3 Å². The molecule has 8 nitrogen and oxygen atoms in total. The van der Waals surface area contributed by atoms with Crippen molar-refractivity contribution in [3.8, 4) is 11.5 Å². The summed E-state index contributed by atoms with van der Waals surface area (Å²) in [5.41, 5.74) is 2.18. The largest absolute Gasteiger partial charge is 0.423 e. The molecule has 0 spiro atoms. The van der Waals surface area contributed by atoms with Crippen molar-refractivity contribution in [2.24, 2.45) is 0 Å². The van der Waals surface area contributed by atoms with Crippen LogP contribution in [0.1, 0.15) is 15.9 Å². The van der Waals surface area contributed by atoms with Gasteiger partial charge in [0.25, 0.3) is 11.6 Å². The monoisotopic (exact) mass is 324 g/mol. The van der Waals surface area contributed by atoms with Gasteiger partial charge in [-0.15, -0.1) is 10.2 Å². The van der Waals surface area contributed by atoms with Gasteiger partial charge >= 0.3 is 0 Å². The van der Waals surface area contributed by atoms with Crippen molar-refractivity contribution in [2.75, 3.05) is 5.32 Å². The first-order valence-electron chi connectivity index (χ1n) is 6.97. The molecule has 0 aliphatic carbocycles. The molecule has 8 heteroatoms. The maximum absolute atomic E-state index is 12.3. The predicted octanol–water partition coefficient (Wildman–Crippen LogP) is 3.21. The van der Waals surface area contributed by atoms with E-state index in [0.717, 1.165) is 5.56 Å². The number of aryl methyl sites for hydroxylation is 1. The Hall–Kier alpha value is -3.55. The van der Waals surface area contributed by atoms with Crippen LogP contribution >= 0.6 is 0 Å². The van der Waals surface area contributed by atoms with E-state index < -0.39 is 4.92 Å². The minimum atomic E-state index is -0.495. The van der Waals surface area contributed by atoms with Gasteiger partial charge in [0.2, 0.25) is 12.3 Å². The quantitative estimate of drug-likeness (QED) is 0.582. The minimum Gasteiger partial charge on any atom is -0.423 e. The van der Waals surface area contributed by atoms with E-state index >= 15 is 0 Å². The number of nitrogens with one attached hydrogen (secondary N) is 1. The van der Waals surface area contributed by atoms with Gasteiger partial charge in [0, 0.05) is 28.9 Å². The summed E-state index contributed by atoms with van der Waals surface area (Å²) in [5.74, 6) is 0.0482. The Bertz CT molecular complexity index is 889. The van der Waals surface area contributed by atoms with Crippen LogP contribution in [0, 0.1) is 17.0 Å². The summed E-state index contributed by atoms with van der Waals surface area (Å²) in [6.45, 7) is 1.65. The molecule has 0 saturated heterocycles. The van der Waals surface area contributed by atoms with E-state index in [1.54, 1.807) is 31.2 Å². The number of carbonyl (C=O) groups is 1. The molecule has 0 aliphatic heterocycles. The van der Waals surface area contributed by atoms with Crippen molar-refractivity contribution in [1.29, 1.82) is 0 Å². The summed E-state index contributed by atoms with van der Waals surface area (Å²) in [4.78, 5) is 22.6. The first-order valence-corrected chi connectivity index (χ1v) is 6.97. The van der Waals surface area contributed by atoms with Gasteiger partial charge in [-0.3, -0.25) is 14.9 Å². The third-order valence-corrected chi connectivity index (χ3v) is 3.42. The second-order valence-electron chi connectivity index (χ2n) is 5.03. The van der Waals surface area contributed by atoms with Crippen LogP contribution in [0.5, 0.6) is 0 Å². The second-order valence-corrected chi connectivity index (χ2v) is 5.03. The van der Waals surface area contributed by atoms with Gasteiger partial charge in [0.1, 0.15) is 0 Å². The molecule has 24 heavy (non-hydrogen) atoms. The van der Waals surface area contributed by atoms with Crippen LogP contribution in [0.2, 0.25) is 0 Å². The Kier molecular flexibility index (Phi) is 4.02. The maximum atomic E-state index is 12.3. The number of hydrogen-bond donors (Lipinski definition) is 1. The lowest BCUT2D eigenvalue weighted by Gasteiger charge is -2.08. The Morgan fingerprint density at radius 2 is 1.96 bits per heavy atom. The first-order chi connectivity index (χ1) is 11.5. The van der Waals surface area contributed by atoms with Gasteiger partial charge in [0.05, 0.1) is 4.92 Å². The Morgan fingerprint density at radius 1 is 1.21 bits per heavy atom. The SMILES string of the molecule is Cc1cc([N+](=O)[O-])ccc1C(=O)Nc1ccc(-c2nnco2)cc1. The zero-order chi connectivity index (χ0) is 17.1. The molecule has 1 amide bonds. The zero-order valence-electron chi connectivity index (χ0n) is 12.6. The molecule has 1 N–H and O–H groups in total. The van der Waals surface area contributed by atoms with Gasteiger partial charge in [-0.2, -0.15) is 0 Å². The number of nitro groups is 1. The molecule has 1 heterocycles. The Morgan fingerprint density at radius 3 is 2.54 bits per heavy atom. The highest BCUT2D eigenvalue weighted by molar-refractivity contribution is 6.05. The fraction of sp³-hybridized carbons (Fsp3) is 0.0625. The van der Waals surface area contributed by atoms with E-state index in [2.05, 4.69) is 15.5 Å². The highest BCUT2D eigenvalue weighted by atomic mass is 16.6. The van der Waals surface area contributed by atoms with E-state index in [1.165, 1.54) is 24.6 Å². The molecular weight excluding hydrogens is 312 g/mol. The summed E-state index contributed by atoms with van der Waals surface area (Å²) in [6, 6.07) is 11.0. The van der Waals surface area contributed by atoms with E-state index in [1.807, 2.05) is 0 Å². The van der Waals surface area contributed by atoms with Crippen LogP contribution in [-0.4, -0.2) is 21.0 Å². The number of nitrogens with zero attached hydrogens (tertiary/aromatic N) is 3. The van der Waals surface area contributed by atoms with E-state index in [4.69, 9.17) is 4.42 Å². The van der Waals surface area contributed by atoms with Crippen molar-refractivity contribution < 1.29 is 14.1 Å². The lowest BCUT2D eigenvalue weighted by atomic mass is 10.1. The van der Waals surface area contributed by atoms with Gasteiger partial charge in [-0.1, -0.05) is 0 Å². The molecule has 0 bridgehead atoms. The molecule has 0 radical (unpaired) electrons. The standard InChI is InChI=1S/C16H12N4O4/c1-10-8-13(20(22)23)6-7-14(10)15(21)18-12-4-2-11(3-5-12)16-19-17-9-24-16/h2-9H,1H3,(H,18,21). The number of carbonyl (C=O) groups excluding carboxylic acids is 1. The van der Waals surface area contributed by atoms with Gasteiger partial charge in [0.15, 0.2) is 0 Å². The topological polar surface area (TPSA) is 111 Å². The fourth-order valence-electron chi connectivity index (χ4n) is 2.21. The summed E-state index contributed by atoms with van der Waals surface area (Å²) in [6.07, 6.45) is 1.24. The summed E-state index contributed by atoms with van der Waals surface area (Å²) >= 11 is 0. The lowest BCUT2D eigenvalue weighted by Crippen LogP contribution is -2.13. The van der Waals surface area contributed by atoms with Gasteiger partial charge in [-0.05, 0) is 42.8 Å². The van der Waals surface area contributed by atoms with Crippen LogP contribution in [0.3, 0.4) is 0 Å². The number of non-ortho nitro benzene ring substituents is 1. The maximum Gasteiger partial charge on any atom is 0.269 e. The highest BCUT2D eigenvalue weighted by Crippen LogP contribution is 2.21. The number of rotatable bonds is 4. The number of aromatic nitrogens is 2. The third kappa shape index (κ3) is 3.12. The first kappa shape index (κ1) is 15.3. The molecule has 3 rings (SSSR count). The molecular formula is C16H12N4O4. The fourth-order valence-corrected chi connectivity index (χ4v) is 2.21. The van der Waals surface area contributed by atoms with Crippen LogP contribution in [0.15, 0.2) is 53.3 Å². The van der Waals surface area contributed by atoms with Crippen LogP contribution in [0.4, 0.5) is 11.4 Å². The Labute approximate surface area is 136 Å². The van der Waals surface area contributed by atoms with Gasteiger partial charge < -0.3 is 9.73 Å². The smallest absolute Gasteiger partial charge is 0.269 e. The summed E-state index contributed by atoms with van der Waals surface area (Å²) in [5, 5.41) is 20.9. The molecule has 2 aromatic carbocycles. The number of benzene rings is 2. The molecule has 3 aromatic rings. The summed E-state index contributed by atoms with van der Waals surface area (Å²) in [7, 11) is 0. The average molecular weight is 324 g/mol. The normalized spacial score (nSPS) is 10.4. The van der Waals surface area contributed by atoms with E-state index in [-0.39, 0.29) is 11.6 Å². The molecule has 0 fully saturated rings. The molecule has 0 saturated carbocycles. The molecule has 120 valence electrons. The van der Waals surface area contributed by atoms with Crippen LogP contribution in [-0.2, 0) is 0 Å². The number of anilines is 1. The number of nitro benzene ring substituents is 1. The average Bonchev–Trinajstić information content (AvgIpc) is 3.09. The lowest BCUT2D eigenvalue weighted by molar-refractivity contribution is -0.384. The molecule has 1 aromatic heterocycles. The second kappa shape index (κ2) is 6.29. The van der Waals surface area contributed by atoms with Gasteiger partial charge in [-0.25, -0.2) is 0 Å². The van der Waals surface area contributed by atoms with Crippen molar-refractivity contribution in [1.82, 2.24) is 10.2 Å². The molecule has 0 aliphatic rings. The highest BCUT2D eigenvalue weighted by Gasteiger charge is 2.14. The third-order valence-electron chi connectivity index (χ3n) is 3.42. The summed E-state index contributed by atoms with van der Waals surface area (Å²) < 4.78 is 5.09. The minimum absolute atomic E-state index is 0.0482. The molecule has 0 atom stereocenters. The van der Waals surface area contributed by atoms with Crippen LogP contribution < -0.4 is 5.32 Å². The van der Waals surface area contributed by atoms with Crippen molar-refractivity contribution in [3.63, 3.8) is 0 Å². The number of hydrogen-bond acceptors (Lipinski definition) is 6. The van der Waals surface area contributed by atoms with E-state index in [0.29, 0.717) is 22.7 Å². The van der Waals surface area contributed by atoms with Crippen molar-refractivity contribution in [2.45, 2.75) is 6.92 Å². The Balaban J connectivity index is 1.76.